The summed E-state index contributed by atoms with van der Waals surface area (Å²) in [5, 5.41) is 19.9. The van der Waals surface area contributed by atoms with Crippen LogP contribution < -0.4 is 0 Å². The molecule has 1 fully saturated rings. The fourth-order valence-electron chi connectivity index (χ4n) is 3.53. The van der Waals surface area contributed by atoms with E-state index in [2.05, 4.69) is 20.8 Å². The van der Waals surface area contributed by atoms with E-state index in [1.807, 2.05) is 24.3 Å². The van der Waals surface area contributed by atoms with Gasteiger partial charge >= 0.3 is 0 Å². The van der Waals surface area contributed by atoms with Crippen molar-refractivity contribution >= 4 is 12.4 Å². The van der Waals surface area contributed by atoms with E-state index in [1.165, 1.54) is 0 Å². The molecule has 0 spiro atoms. The second kappa shape index (κ2) is 8.28. The van der Waals surface area contributed by atoms with Crippen molar-refractivity contribution in [2.45, 2.75) is 45.2 Å². The Morgan fingerprint density at radius 2 is 1.41 bits per heavy atom. The largest absolute Gasteiger partial charge is 0.507 e. The third-order valence-corrected chi connectivity index (χ3v) is 5.88. The Balaban J connectivity index is 0.00000261. The van der Waals surface area contributed by atoms with E-state index in [0.717, 1.165) is 24.0 Å². The van der Waals surface area contributed by atoms with Crippen LogP contribution in [0.15, 0.2) is 58.5 Å². The molecule has 0 saturated heterocycles. The Hall–Kier alpha value is -2.10. The van der Waals surface area contributed by atoms with Gasteiger partial charge in [-0.25, -0.2) is 0 Å². The molecule has 2 aromatic rings. The van der Waals surface area contributed by atoms with E-state index in [1.54, 1.807) is 36.7 Å². The first-order valence-corrected chi connectivity index (χ1v) is 8.98. The molecule has 3 rings (SSSR count). The zero-order valence-corrected chi connectivity index (χ0v) is 16.8. The minimum absolute atomic E-state index is 0. The predicted molar refractivity (Wildman–Crippen MR) is 107 cm³/mol. The minimum Gasteiger partial charge on any atom is -0.507 e. The van der Waals surface area contributed by atoms with Crippen molar-refractivity contribution in [3.63, 3.8) is 0 Å². The first-order chi connectivity index (χ1) is 12.3. The van der Waals surface area contributed by atoms with Crippen molar-refractivity contribution in [3.05, 3.63) is 59.7 Å². The Labute approximate surface area is 171 Å². The van der Waals surface area contributed by atoms with Crippen LogP contribution in [0.4, 0.5) is 0 Å². The van der Waals surface area contributed by atoms with Gasteiger partial charge in [0.1, 0.15) is 11.5 Å². The van der Waals surface area contributed by atoms with Crippen LogP contribution in [0.1, 0.15) is 44.7 Å². The summed E-state index contributed by atoms with van der Waals surface area (Å²) in [7, 11) is 0. The average molecular weight is 414 g/mol. The van der Waals surface area contributed by atoms with Crippen LogP contribution in [-0.2, 0) is 17.1 Å². The minimum atomic E-state index is -0.268. The first-order valence-electron chi connectivity index (χ1n) is 8.98. The molecule has 1 unspecified atom stereocenters. The molecule has 2 N–H and O–H groups in total. The summed E-state index contributed by atoms with van der Waals surface area (Å²) in [6.45, 7) is 6.53. The molecule has 0 bridgehead atoms. The number of phenolic OH excluding ortho intramolecular Hbond substituents is 2. The molecule has 147 valence electrons. The molecule has 0 heterocycles. The Kier molecular flexibility index (Phi) is 6.50. The second-order valence-corrected chi connectivity index (χ2v) is 7.70. The molecular weight excluding hydrogens is 388 g/mol. The van der Waals surface area contributed by atoms with Crippen LogP contribution >= 0.6 is 0 Å². The van der Waals surface area contributed by atoms with Gasteiger partial charge in [-0.3, -0.25) is 9.98 Å². The molecule has 2 aromatic carbocycles. The fraction of sp³-hybridized carbons (Fsp3) is 0.364. The Bertz CT molecular complexity index is 848. The number of aromatic hydroxyl groups is 2. The molecule has 5 heteroatoms. The zero-order chi connectivity index (χ0) is 18.8. The van der Waals surface area contributed by atoms with E-state index in [4.69, 9.17) is 9.98 Å². The SMILES string of the molecule is CC1(C)C(N=Cc2ccccc2O)CC[C@@]1(C)N=Cc1ccccc1O.[Cu]. The van der Waals surface area contributed by atoms with Crippen molar-refractivity contribution in [2.24, 2.45) is 15.4 Å². The van der Waals surface area contributed by atoms with Gasteiger partial charge in [-0.2, -0.15) is 0 Å². The van der Waals surface area contributed by atoms with Crippen molar-refractivity contribution in [1.29, 1.82) is 0 Å². The zero-order valence-electron chi connectivity index (χ0n) is 15.9. The Morgan fingerprint density at radius 3 is 1.96 bits per heavy atom. The van der Waals surface area contributed by atoms with Gasteiger partial charge in [0, 0.05) is 46.0 Å². The van der Waals surface area contributed by atoms with E-state index < -0.39 is 0 Å². The van der Waals surface area contributed by atoms with Gasteiger partial charge in [0.15, 0.2) is 0 Å². The van der Waals surface area contributed by atoms with Gasteiger partial charge < -0.3 is 10.2 Å². The third kappa shape index (κ3) is 4.26. The average Bonchev–Trinajstić information content (AvgIpc) is 2.84. The third-order valence-electron chi connectivity index (χ3n) is 5.88. The van der Waals surface area contributed by atoms with Gasteiger partial charge in [-0.05, 0) is 44.0 Å². The maximum absolute atomic E-state index is 9.95. The summed E-state index contributed by atoms with van der Waals surface area (Å²) < 4.78 is 0. The quantitative estimate of drug-likeness (QED) is 0.569. The number of benzene rings is 2. The van der Waals surface area contributed by atoms with Crippen molar-refractivity contribution in [2.75, 3.05) is 0 Å². The number of hydrogen-bond acceptors (Lipinski definition) is 4. The van der Waals surface area contributed by atoms with Crippen LogP contribution in [0.2, 0.25) is 0 Å². The molecule has 0 aliphatic heterocycles. The summed E-state index contributed by atoms with van der Waals surface area (Å²) in [6.07, 6.45) is 5.39. The topological polar surface area (TPSA) is 65.2 Å². The summed E-state index contributed by atoms with van der Waals surface area (Å²) in [6, 6.07) is 14.6. The number of nitrogens with zero attached hydrogens (tertiary/aromatic N) is 2. The summed E-state index contributed by atoms with van der Waals surface area (Å²) >= 11 is 0. The van der Waals surface area contributed by atoms with Crippen LogP contribution in [0, 0.1) is 5.41 Å². The fourth-order valence-corrected chi connectivity index (χ4v) is 3.53. The normalized spacial score (nSPS) is 24.3. The van der Waals surface area contributed by atoms with E-state index in [9.17, 15) is 10.2 Å². The molecule has 4 nitrogen and oxygen atoms in total. The van der Waals surface area contributed by atoms with Crippen LogP contribution in [0.3, 0.4) is 0 Å². The molecular formula is C22H26CuN2O2. The summed E-state index contributed by atoms with van der Waals surface area (Å²) in [4.78, 5) is 9.62. The standard InChI is InChI=1S/C22H26N2O2.Cu/c1-21(2)20(23-14-16-8-4-6-10-18(16)25)12-13-22(21,3)24-15-17-9-5-7-11-19(17)26;/h4-11,14-15,20,25-26H,12-13H2,1-3H3;/t20?,22-;/m1./s1. The van der Waals surface area contributed by atoms with Crippen molar-refractivity contribution < 1.29 is 27.3 Å². The Morgan fingerprint density at radius 1 is 0.889 bits per heavy atom. The van der Waals surface area contributed by atoms with E-state index in [0.29, 0.717) is 0 Å². The molecule has 0 aromatic heterocycles. The van der Waals surface area contributed by atoms with Gasteiger partial charge in [-0.15, -0.1) is 0 Å². The molecule has 2 atom stereocenters. The molecule has 0 amide bonds. The maximum Gasteiger partial charge on any atom is 0.124 e. The number of hydrogen-bond donors (Lipinski definition) is 2. The van der Waals surface area contributed by atoms with Gasteiger partial charge in [0.2, 0.25) is 0 Å². The maximum atomic E-state index is 9.95. The van der Waals surface area contributed by atoms with Crippen LogP contribution in [0.25, 0.3) is 0 Å². The molecule has 1 saturated carbocycles. The monoisotopic (exact) mass is 413 g/mol. The van der Waals surface area contributed by atoms with E-state index >= 15 is 0 Å². The predicted octanol–water partition coefficient (Wildman–Crippen LogP) is 4.58. The van der Waals surface area contributed by atoms with E-state index in [-0.39, 0.29) is 45.6 Å². The molecule has 27 heavy (non-hydrogen) atoms. The van der Waals surface area contributed by atoms with Crippen molar-refractivity contribution in [3.8, 4) is 11.5 Å². The first kappa shape index (κ1) is 21.2. The van der Waals surface area contributed by atoms with Gasteiger partial charge in [0.05, 0.1) is 11.6 Å². The van der Waals surface area contributed by atoms with Gasteiger partial charge in [-0.1, -0.05) is 38.1 Å². The molecule has 1 aliphatic rings. The summed E-state index contributed by atoms with van der Waals surface area (Å²) in [5.41, 5.74) is 1.05. The number of aliphatic imine (C=N–C) groups is 2. The van der Waals surface area contributed by atoms with Gasteiger partial charge in [0.25, 0.3) is 0 Å². The number of rotatable bonds is 4. The molecule has 1 aliphatic carbocycles. The second-order valence-electron chi connectivity index (χ2n) is 7.70. The van der Waals surface area contributed by atoms with Crippen molar-refractivity contribution in [1.82, 2.24) is 0 Å². The smallest absolute Gasteiger partial charge is 0.124 e. The number of phenols is 2. The number of para-hydroxylation sites is 2. The molecule has 1 radical (unpaired) electrons. The van der Waals surface area contributed by atoms with Crippen LogP contribution in [-0.4, -0.2) is 34.2 Å². The van der Waals surface area contributed by atoms with Crippen LogP contribution in [0.5, 0.6) is 11.5 Å². The summed E-state index contributed by atoms with van der Waals surface area (Å²) in [5.74, 6) is 0.483.